The molecule has 29 heavy (non-hydrogen) atoms. The number of aryl methyl sites for hydroxylation is 2. The molecule has 4 nitrogen and oxygen atoms in total. The molecule has 0 atom stereocenters. The van der Waals surface area contributed by atoms with Gasteiger partial charge in [0, 0.05) is 12.1 Å². The van der Waals surface area contributed by atoms with E-state index in [9.17, 15) is 0 Å². The quantitative estimate of drug-likeness (QED) is 0.355. The first-order chi connectivity index (χ1) is 14.3. The molecule has 0 saturated carbocycles. The molecular formula is C25H26N2O2. The first-order valence-electron chi connectivity index (χ1n) is 10.0. The van der Waals surface area contributed by atoms with Crippen LogP contribution in [0.4, 0.5) is 0 Å². The zero-order chi connectivity index (χ0) is 20.1. The zero-order valence-corrected chi connectivity index (χ0v) is 17.0. The number of imidazole rings is 1. The van der Waals surface area contributed by atoms with Crippen LogP contribution in [-0.4, -0.2) is 23.3 Å². The second kappa shape index (κ2) is 8.82. The first-order valence-corrected chi connectivity index (χ1v) is 10.0. The number of hydrogen-bond acceptors (Lipinski definition) is 3. The minimum Gasteiger partial charge on any atom is -0.493 e. The standard InChI is InChI=1S/C25H26N2O2/c1-19-13-15-20(16-14-19)25-26-21-9-3-4-10-22(21)27(25)17-7-8-18-29-24-12-6-5-11-23(24)28-2/h3-6,9-16H,7-8,17-18H2,1-2H3. The van der Waals surface area contributed by atoms with Crippen LogP contribution in [-0.2, 0) is 6.54 Å². The molecule has 0 aliphatic rings. The molecule has 0 aliphatic carbocycles. The van der Waals surface area contributed by atoms with Gasteiger partial charge >= 0.3 is 0 Å². The second-order valence-electron chi connectivity index (χ2n) is 7.15. The number of aromatic nitrogens is 2. The molecule has 0 amide bonds. The molecule has 0 saturated heterocycles. The lowest BCUT2D eigenvalue weighted by atomic mass is 10.1. The lowest BCUT2D eigenvalue weighted by Gasteiger charge is -2.12. The third kappa shape index (κ3) is 4.27. The van der Waals surface area contributed by atoms with Crippen LogP contribution < -0.4 is 9.47 Å². The Labute approximate surface area is 171 Å². The highest BCUT2D eigenvalue weighted by molar-refractivity contribution is 5.80. The molecule has 0 unspecified atom stereocenters. The van der Waals surface area contributed by atoms with Crippen molar-refractivity contribution in [2.45, 2.75) is 26.3 Å². The Kier molecular flexibility index (Phi) is 5.80. The van der Waals surface area contributed by atoms with Crippen molar-refractivity contribution in [3.05, 3.63) is 78.4 Å². The molecule has 3 aromatic carbocycles. The zero-order valence-electron chi connectivity index (χ0n) is 17.0. The van der Waals surface area contributed by atoms with E-state index in [1.807, 2.05) is 30.3 Å². The minimum absolute atomic E-state index is 0.660. The lowest BCUT2D eigenvalue weighted by molar-refractivity contribution is 0.284. The predicted molar refractivity (Wildman–Crippen MR) is 118 cm³/mol. The number of fused-ring (bicyclic) bond motifs is 1. The van der Waals surface area contributed by atoms with E-state index in [-0.39, 0.29) is 0 Å². The summed E-state index contributed by atoms with van der Waals surface area (Å²) in [5.41, 5.74) is 4.61. The van der Waals surface area contributed by atoms with E-state index in [4.69, 9.17) is 14.5 Å². The number of rotatable bonds is 8. The van der Waals surface area contributed by atoms with Crippen molar-refractivity contribution >= 4 is 11.0 Å². The Bertz CT molecular complexity index is 1080. The normalized spacial score (nSPS) is 11.0. The smallest absolute Gasteiger partial charge is 0.161 e. The Morgan fingerprint density at radius 3 is 2.34 bits per heavy atom. The summed E-state index contributed by atoms with van der Waals surface area (Å²) in [6, 6.07) is 24.7. The monoisotopic (exact) mass is 386 g/mol. The van der Waals surface area contributed by atoms with Crippen LogP contribution in [0.1, 0.15) is 18.4 Å². The average molecular weight is 386 g/mol. The number of unbranched alkanes of at least 4 members (excludes halogenated alkanes) is 1. The molecule has 1 heterocycles. The number of methoxy groups -OCH3 is 1. The van der Waals surface area contributed by atoms with Gasteiger partial charge in [-0.2, -0.15) is 0 Å². The third-order valence-corrected chi connectivity index (χ3v) is 5.07. The van der Waals surface area contributed by atoms with Crippen LogP contribution >= 0.6 is 0 Å². The van der Waals surface area contributed by atoms with Gasteiger partial charge in [0.25, 0.3) is 0 Å². The van der Waals surface area contributed by atoms with Gasteiger partial charge in [-0.3, -0.25) is 0 Å². The Morgan fingerprint density at radius 2 is 1.55 bits per heavy atom. The van der Waals surface area contributed by atoms with Crippen molar-refractivity contribution in [1.82, 2.24) is 9.55 Å². The third-order valence-electron chi connectivity index (χ3n) is 5.07. The van der Waals surface area contributed by atoms with Crippen molar-refractivity contribution in [3.63, 3.8) is 0 Å². The van der Waals surface area contributed by atoms with Crippen LogP contribution in [0.25, 0.3) is 22.4 Å². The summed E-state index contributed by atoms with van der Waals surface area (Å²) in [6.07, 6.45) is 1.96. The largest absolute Gasteiger partial charge is 0.493 e. The maximum atomic E-state index is 5.91. The molecule has 1 aromatic heterocycles. The summed E-state index contributed by atoms with van der Waals surface area (Å²) < 4.78 is 13.6. The highest BCUT2D eigenvalue weighted by Gasteiger charge is 2.12. The van der Waals surface area contributed by atoms with E-state index in [0.717, 1.165) is 47.8 Å². The van der Waals surface area contributed by atoms with Crippen molar-refractivity contribution in [3.8, 4) is 22.9 Å². The van der Waals surface area contributed by atoms with Gasteiger partial charge in [-0.05, 0) is 44.0 Å². The van der Waals surface area contributed by atoms with Crippen LogP contribution in [0, 0.1) is 6.92 Å². The Morgan fingerprint density at radius 1 is 0.828 bits per heavy atom. The highest BCUT2D eigenvalue weighted by atomic mass is 16.5. The van der Waals surface area contributed by atoms with Gasteiger partial charge in [0.15, 0.2) is 11.5 Å². The first kappa shape index (κ1) is 19.1. The van der Waals surface area contributed by atoms with Gasteiger partial charge < -0.3 is 14.0 Å². The van der Waals surface area contributed by atoms with Crippen molar-refractivity contribution in [1.29, 1.82) is 0 Å². The van der Waals surface area contributed by atoms with E-state index in [0.29, 0.717) is 6.61 Å². The van der Waals surface area contributed by atoms with E-state index in [1.54, 1.807) is 7.11 Å². The molecule has 148 valence electrons. The fourth-order valence-electron chi connectivity index (χ4n) is 3.52. The summed E-state index contributed by atoms with van der Waals surface area (Å²) >= 11 is 0. The van der Waals surface area contributed by atoms with Gasteiger partial charge in [-0.15, -0.1) is 0 Å². The molecule has 4 rings (SSSR count). The fourth-order valence-corrected chi connectivity index (χ4v) is 3.52. The topological polar surface area (TPSA) is 36.3 Å². The summed E-state index contributed by atoms with van der Waals surface area (Å²) in [5, 5.41) is 0. The molecular weight excluding hydrogens is 360 g/mol. The molecule has 0 aliphatic heterocycles. The van der Waals surface area contributed by atoms with Gasteiger partial charge in [0.05, 0.1) is 24.8 Å². The van der Waals surface area contributed by atoms with Gasteiger partial charge in [-0.1, -0.05) is 54.1 Å². The highest BCUT2D eigenvalue weighted by Crippen LogP contribution is 2.27. The van der Waals surface area contributed by atoms with Gasteiger partial charge in [0.1, 0.15) is 5.82 Å². The SMILES string of the molecule is COc1ccccc1OCCCCn1c(-c2ccc(C)cc2)nc2ccccc21. The molecule has 0 spiro atoms. The fraction of sp³-hybridized carbons (Fsp3) is 0.240. The van der Waals surface area contributed by atoms with Crippen molar-refractivity contribution in [2.75, 3.05) is 13.7 Å². The number of nitrogens with zero attached hydrogens (tertiary/aromatic N) is 2. The number of ether oxygens (including phenoxy) is 2. The second-order valence-corrected chi connectivity index (χ2v) is 7.15. The molecule has 0 fully saturated rings. The summed E-state index contributed by atoms with van der Waals surface area (Å²) in [6.45, 7) is 3.67. The van der Waals surface area contributed by atoms with Crippen LogP contribution in [0.15, 0.2) is 72.8 Å². The van der Waals surface area contributed by atoms with E-state index in [1.165, 1.54) is 11.1 Å². The number of benzene rings is 3. The van der Waals surface area contributed by atoms with Crippen molar-refractivity contribution < 1.29 is 9.47 Å². The summed E-state index contributed by atoms with van der Waals surface area (Å²) in [5.74, 6) is 2.59. The number of para-hydroxylation sites is 4. The molecule has 0 bridgehead atoms. The minimum atomic E-state index is 0.660. The predicted octanol–water partition coefficient (Wildman–Crippen LogP) is 5.88. The van der Waals surface area contributed by atoms with E-state index in [2.05, 4.69) is 54.0 Å². The summed E-state index contributed by atoms with van der Waals surface area (Å²) in [7, 11) is 1.67. The number of hydrogen-bond donors (Lipinski definition) is 0. The Balaban J connectivity index is 1.46. The molecule has 0 radical (unpaired) electrons. The molecule has 0 N–H and O–H groups in total. The maximum Gasteiger partial charge on any atom is 0.161 e. The van der Waals surface area contributed by atoms with E-state index >= 15 is 0 Å². The van der Waals surface area contributed by atoms with Gasteiger partial charge in [0.2, 0.25) is 0 Å². The van der Waals surface area contributed by atoms with Crippen LogP contribution in [0.5, 0.6) is 11.5 Å². The van der Waals surface area contributed by atoms with Gasteiger partial charge in [-0.25, -0.2) is 4.98 Å². The van der Waals surface area contributed by atoms with Crippen LogP contribution in [0.2, 0.25) is 0 Å². The summed E-state index contributed by atoms with van der Waals surface area (Å²) in [4.78, 5) is 4.90. The van der Waals surface area contributed by atoms with Crippen molar-refractivity contribution in [2.24, 2.45) is 0 Å². The van der Waals surface area contributed by atoms with E-state index < -0.39 is 0 Å². The lowest BCUT2D eigenvalue weighted by Crippen LogP contribution is -2.04. The maximum absolute atomic E-state index is 5.91. The average Bonchev–Trinajstić information content (AvgIpc) is 3.13. The molecule has 4 aromatic rings. The van der Waals surface area contributed by atoms with Crippen LogP contribution in [0.3, 0.4) is 0 Å². The molecule has 4 heteroatoms. The Hall–Kier alpha value is -3.27.